The summed E-state index contributed by atoms with van der Waals surface area (Å²) in [6.07, 6.45) is 1.12. The maximum atomic E-state index is 10.2. The summed E-state index contributed by atoms with van der Waals surface area (Å²) in [6, 6.07) is 2.50. The Morgan fingerprint density at radius 1 is 1.62 bits per heavy atom. The van der Waals surface area contributed by atoms with Crippen LogP contribution in [0.2, 0.25) is 0 Å². The van der Waals surface area contributed by atoms with Gasteiger partial charge in [-0.05, 0) is 6.07 Å². The number of furan rings is 1. The number of aliphatic carboxylic acids is 1. The van der Waals surface area contributed by atoms with Crippen LogP contribution in [-0.2, 0) is 4.79 Å². The van der Waals surface area contributed by atoms with Crippen molar-refractivity contribution in [2.75, 3.05) is 6.54 Å². The van der Waals surface area contributed by atoms with Crippen molar-refractivity contribution in [3.63, 3.8) is 0 Å². The van der Waals surface area contributed by atoms with Crippen LogP contribution in [0.25, 0.3) is 0 Å². The molecule has 0 aliphatic carbocycles. The zero-order chi connectivity index (χ0) is 11.3. The van der Waals surface area contributed by atoms with Gasteiger partial charge in [0.25, 0.3) is 0 Å². The van der Waals surface area contributed by atoms with Crippen LogP contribution in [0, 0.1) is 10.1 Å². The summed E-state index contributed by atoms with van der Waals surface area (Å²) in [6.45, 7) is -0.445. The number of hydrazone groups is 1. The van der Waals surface area contributed by atoms with Crippen LogP contribution < -0.4 is 40.1 Å². The number of carboxylic acid groups (broad SMARTS) is 1. The Labute approximate surface area is 112 Å². The first-order valence-electron chi connectivity index (χ1n) is 3.79. The van der Waals surface area contributed by atoms with Gasteiger partial charge in [0.1, 0.15) is 4.92 Å². The molecule has 0 fully saturated rings. The Kier molecular flexibility index (Phi) is 6.38. The third-order valence-corrected chi connectivity index (χ3v) is 1.30. The number of carboxylic acids is 1. The maximum Gasteiger partial charge on any atom is 1.00 e. The van der Waals surface area contributed by atoms with Gasteiger partial charge in [-0.25, -0.2) is 0 Å². The molecule has 0 radical (unpaired) electrons. The van der Waals surface area contributed by atoms with Crippen LogP contribution >= 0.6 is 0 Å². The summed E-state index contributed by atoms with van der Waals surface area (Å²) < 4.78 is 4.70. The van der Waals surface area contributed by atoms with Crippen molar-refractivity contribution in [2.45, 2.75) is 0 Å². The van der Waals surface area contributed by atoms with Gasteiger partial charge in [0.15, 0.2) is 5.76 Å². The second-order valence-corrected chi connectivity index (χ2v) is 2.40. The number of carbonyl (C=O) groups excluding carboxylic acids is 1. The average molecular weight is 235 g/mol. The fourth-order valence-electron chi connectivity index (χ4n) is 0.729. The molecule has 0 spiro atoms. The largest absolute Gasteiger partial charge is 1.00 e. The number of hydrogen-bond acceptors (Lipinski definition) is 7. The van der Waals surface area contributed by atoms with Gasteiger partial charge in [0.05, 0.1) is 24.8 Å². The first kappa shape index (κ1) is 14.6. The molecule has 1 rings (SSSR count). The summed E-state index contributed by atoms with van der Waals surface area (Å²) in [7, 11) is 0. The van der Waals surface area contributed by atoms with Crippen molar-refractivity contribution in [3.05, 3.63) is 28.0 Å². The molecule has 16 heavy (non-hydrogen) atoms. The Morgan fingerprint density at radius 2 is 2.31 bits per heavy atom. The first-order valence-corrected chi connectivity index (χ1v) is 3.79. The van der Waals surface area contributed by atoms with Crippen molar-refractivity contribution in [3.8, 4) is 0 Å². The van der Waals surface area contributed by atoms with E-state index < -0.39 is 23.3 Å². The molecular formula is C7H6N3NaO5. The van der Waals surface area contributed by atoms with Gasteiger partial charge in [-0.15, -0.1) is 0 Å². The number of rotatable bonds is 5. The molecule has 0 aliphatic heterocycles. The molecule has 9 heteroatoms. The summed E-state index contributed by atoms with van der Waals surface area (Å²) in [4.78, 5) is 19.5. The number of nitrogens with zero attached hydrogens (tertiary/aromatic N) is 2. The second kappa shape index (κ2) is 6.99. The third-order valence-electron chi connectivity index (χ3n) is 1.30. The minimum atomic E-state index is -1.31. The molecule has 1 aromatic heterocycles. The van der Waals surface area contributed by atoms with E-state index in [0.29, 0.717) is 0 Å². The topological polar surface area (TPSA) is 121 Å². The number of carbonyl (C=O) groups is 1. The third kappa shape index (κ3) is 4.91. The summed E-state index contributed by atoms with van der Waals surface area (Å²) in [5, 5.41) is 23.6. The van der Waals surface area contributed by atoms with Crippen molar-refractivity contribution in [1.82, 2.24) is 5.43 Å². The van der Waals surface area contributed by atoms with Gasteiger partial charge in [-0.3, -0.25) is 10.1 Å². The van der Waals surface area contributed by atoms with Gasteiger partial charge in [-0.2, -0.15) is 5.10 Å². The first-order chi connectivity index (χ1) is 7.09. The average Bonchev–Trinajstić information content (AvgIpc) is 2.60. The van der Waals surface area contributed by atoms with Crippen LogP contribution in [0.1, 0.15) is 5.76 Å². The molecule has 0 bridgehead atoms. The fourth-order valence-corrected chi connectivity index (χ4v) is 0.729. The zero-order valence-corrected chi connectivity index (χ0v) is 10.4. The van der Waals surface area contributed by atoms with Crippen LogP contribution in [0.15, 0.2) is 21.7 Å². The Bertz CT molecular complexity index is 402. The molecule has 8 nitrogen and oxygen atoms in total. The molecule has 0 aromatic carbocycles. The van der Waals surface area contributed by atoms with Gasteiger partial charge < -0.3 is 19.7 Å². The van der Waals surface area contributed by atoms with E-state index in [-0.39, 0.29) is 35.3 Å². The summed E-state index contributed by atoms with van der Waals surface area (Å²) >= 11 is 0. The van der Waals surface area contributed by atoms with E-state index in [0.717, 1.165) is 6.21 Å². The molecular weight excluding hydrogens is 229 g/mol. The minimum absolute atomic E-state index is 0. The molecule has 1 N–H and O–H groups in total. The summed E-state index contributed by atoms with van der Waals surface area (Å²) in [5.41, 5.74) is 2.15. The minimum Gasteiger partial charge on any atom is -0.548 e. The van der Waals surface area contributed by atoms with Crippen molar-refractivity contribution in [2.24, 2.45) is 5.10 Å². The smallest absolute Gasteiger partial charge is 0.548 e. The number of hydrogen-bond donors (Lipinski definition) is 1. The van der Waals surface area contributed by atoms with E-state index in [2.05, 4.69) is 10.5 Å². The molecule has 0 amide bonds. The van der Waals surface area contributed by atoms with Gasteiger partial charge in [-0.1, -0.05) is 0 Å². The van der Waals surface area contributed by atoms with Gasteiger partial charge in [0.2, 0.25) is 0 Å². The van der Waals surface area contributed by atoms with Gasteiger partial charge in [0, 0.05) is 0 Å². The van der Waals surface area contributed by atoms with Crippen molar-refractivity contribution in [1.29, 1.82) is 0 Å². The van der Waals surface area contributed by atoms with Crippen LogP contribution in [0.4, 0.5) is 5.88 Å². The second-order valence-electron chi connectivity index (χ2n) is 2.40. The molecule has 1 aromatic rings. The summed E-state index contributed by atoms with van der Waals surface area (Å²) in [5.74, 6) is -1.57. The molecule has 0 saturated heterocycles. The number of nitro groups is 1. The van der Waals surface area contributed by atoms with E-state index in [4.69, 9.17) is 4.42 Å². The molecule has 0 saturated carbocycles. The molecule has 1 heterocycles. The van der Waals surface area contributed by atoms with Crippen LogP contribution in [0.5, 0.6) is 0 Å². The Hall–Kier alpha value is -1.38. The monoisotopic (exact) mass is 235 g/mol. The van der Waals surface area contributed by atoms with Crippen molar-refractivity contribution < 1.29 is 48.8 Å². The number of nitrogens with one attached hydrogen (secondary N) is 1. The molecule has 80 valence electrons. The normalized spacial score (nSPS) is 9.75. The predicted molar refractivity (Wildman–Crippen MR) is 46.0 cm³/mol. The maximum absolute atomic E-state index is 10.2. The molecule has 0 atom stereocenters. The molecule has 0 unspecified atom stereocenters. The predicted octanol–water partition coefficient (Wildman–Crippen LogP) is -4.13. The van der Waals surface area contributed by atoms with E-state index in [1.165, 1.54) is 12.1 Å². The quantitative estimate of drug-likeness (QED) is 0.239. The Balaban J connectivity index is 0.00000225. The van der Waals surface area contributed by atoms with Crippen LogP contribution in [0.3, 0.4) is 0 Å². The molecule has 0 aliphatic rings. The van der Waals surface area contributed by atoms with E-state index in [1.54, 1.807) is 0 Å². The Morgan fingerprint density at radius 3 is 2.81 bits per heavy atom. The van der Waals surface area contributed by atoms with Gasteiger partial charge >= 0.3 is 35.4 Å². The van der Waals surface area contributed by atoms with Crippen molar-refractivity contribution >= 4 is 18.1 Å². The standard InChI is InChI=1S/C7H7N3O5.Na/c11-7(12)4-9-8-3-5-1-2-6(15-5)10(13)14;/h1-3,9H,4H2,(H,11,12);/q;+1/p-1/b8-3+;. The van der Waals surface area contributed by atoms with E-state index in [9.17, 15) is 20.0 Å². The fraction of sp³-hybridized carbons (Fsp3) is 0.143. The van der Waals surface area contributed by atoms with E-state index in [1.807, 2.05) is 0 Å². The van der Waals surface area contributed by atoms with Crippen LogP contribution in [-0.4, -0.2) is 23.7 Å². The zero-order valence-electron chi connectivity index (χ0n) is 8.37. The van der Waals surface area contributed by atoms with E-state index >= 15 is 0 Å². The SMILES string of the molecule is O=C([O-])CN/N=C/c1ccc([N+](=O)[O-])o1.[Na+].